The zero-order chi connectivity index (χ0) is 20.4. The van der Waals surface area contributed by atoms with E-state index in [2.05, 4.69) is 15.5 Å². The largest absolute Gasteiger partial charge is 0.394 e. The van der Waals surface area contributed by atoms with Crippen molar-refractivity contribution in [1.29, 1.82) is 0 Å². The van der Waals surface area contributed by atoms with Crippen molar-refractivity contribution < 1.29 is 18.7 Å². The molecule has 0 radical (unpaired) electrons. The van der Waals surface area contributed by atoms with Crippen LogP contribution in [0.25, 0.3) is 22.2 Å². The highest BCUT2D eigenvalue weighted by atomic mass is 19.1. The number of halogens is 2. The van der Waals surface area contributed by atoms with Gasteiger partial charge in [-0.15, -0.1) is 0 Å². The number of aromatic nitrogens is 2. The highest BCUT2D eigenvalue weighted by Crippen LogP contribution is 2.30. The maximum absolute atomic E-state index is 15.3. The Labute approximate surface area is 165 Å². The van der Waals surface area contributed by atoms with Crippen LogP contribution in [0.5, 0.6) is 0 Å². The Morgan fingerprint density at radius 3 is 2.59 bits per heavy atom. The molecule has 146 valence electrons. The minimum Gasteiger partial charge on any atom is -0.394 e. The highest BCUT2D eigenvalue weighted by molar-refractivity contribution is 6.02. The molecule has 3 N–H and O–H groups in total. The van der Waals surface area contributed by atoms with Crippen molar-refractivity contribution in [2.45, 2.75) is 6.04 Å². The SMILES string of the molecule is O=C(N[C@H](CO)c1ccccc1)c1ccc2[nH]nc(-c3cccc(F)c3)c2c1F. The van der Waals surface area contributed by atoms with Gasteiger partial charge in [-0.05, 0) is 29.8 Å². The summed E-state index contributed by atoms with van der Waals surface area (Å²) in [7, 11) is 0. The molecule has 0 saturated heterocycles. The normalized spacial score (nSPS) is 12.1. The number of carbonyl (C=O) groups is 1. The lowest BCUT2D eigenvalue weighted by molar-refractivity contribution is 0.0912. The molecule has 1 amide bonds. The number of H-pyrrole nitrogens is 1. The van der Waals surface area contributed by atoms with Crippen LogP contribution in [0.3, 0.4) is 0 Å². The summed E-state index contributed by atoms with van der Waals surface area (Å²) in [6.45, 7) is -0.333. The van der Waals surface area contributed by atoms with E-state index in [0.717, 1.165) is 0 Å². The third-order valence-electron chi connectivity index (χ3n) is 4.70. The predicted octanol–water partition coefficient (Wildman–Crippen LogP) is 3.97. The van der Waals surface area contributed by atoms with Crippen molar-refractivity contribution in [3.63, 3.8) is 0 Å². The molecule has 1 aromatic heterocycles. The van der Waals surface area contributed by atoms with Crippen LogP contribution in [0.15, 0.2) is 66.7 Å². The molecule has 29 heavy (non-hydrogen) atoms. The van der Waals surface area contributed by atoms with Gasteiger partial charge < -0.3 is 10.4 Å². The highest BCUT2D eigenvalue weighted by Gasteiger charge is 2.22. The number of nitrogens with one attached hydrogen (secondary N) is 2. The zero-order valence-corrected chi connectivity index (χ0v) is 15.2. The van der Waals surface area contributed by atoms with Gasteiger partial charge in [-0.1, -0.05) is 42.5 Å². The third-order valence-corrected chi connectivity index (χ3v) is 4.70. The summed E-state index contributed by atoms with van der Waals surface area (Å²) < 4.78 is 28.9. The average molecular weight is 393 g/mol. The smallest absolute Gasteiger partial charge is 0.254 e. The lowest BCUT2D eigenvalue weighted by Crippen LogP contribution is -2.31. The fourth-order valence-corrected chi connectivity index (χ4v) is 3.25. The van der Waals surface area contributed by atoms with Crippen LogP contribution in [-0.2, 0) is 0 Å². The first-order chi connectivity index (χ1) is 14.1. The van der Waals surface area contributed by atoms with Crippen molar-refractivity contribution in [1.82, 2.24) is 15.5 Å². The molecule has 7 heteroatoms. The lowest BCUT2D eigenvalue weighted by atomic mass is 10.0. The van der Waals surface area contributed by atoms with Crippen molar-refractivity contribution in [3.8, 4) is 11.3 Å². The number of hydrogen-bond acceptors (Lipinski definition) is 3. The summed E-state index contributed by atoms with van der Waals surface area (Å²) in [4.78, 5) is 12.7. The minimum absolute atomic E-state index is 0.100. The van der Waals surface area contributed by atoms with E-state index in [1.165, 1.54) is 24.3 Å². The summed E-state index contributed by atoms with van der Waals surface area (Å²) in [6, 6.07) is 16.8. The van der Waals surface area contributed by atoms with Gasteiger partial charge in [0.25, 0.3) is 5.91 Å². The van der Waals surface area contributed by atoms with Crippen LogP contribution in [-0.4, -0.2) is 27.8 Å². The number of carbonyl (C=O) groups excluding carboxylic acids is 1. The van der Waals surface area contributed by atoms with Gasteiger partial charge in [0, 0.05) is 5.56 Å². The maximum Gasteiger partial charge on any atom is 0.254 e. The first-order valence-corrected chi connectivity index (χ1v) is 8.97. The second-order valence-corrected chi connectivity index (χ2v) is 6.55. The number of aromatic amines is 1. The molecule has 0 aliphatic heterocycles. The Morgan fingerprint density at radius 1 is 1.07 bits per heavy atom. The average Bonchev–Trinajstić information content (AvgIpc) is 3.18. The molecular formula is C22H17F2N3O2. The van der Waals surface area contributed by atoms with Crippen LogP contribution in [0.4, 0.5) is 8.78 Å². The van der Waals surface area contributed by atoms with E-state index in [1.54, 1.807) is 36.4 Å². The van der Waals surface area contributed by atoms with Gasteiger partial charge >= 0.3 is 0 Å². The molecule has 5 nitrogen and oxygen atoms in total. The Bertz CT molecular complexity index is 1180. The van der Waals surface area contributed by atoms with E-state index in [0.29, 0.717) is 16.6 Å². The van der Waals surface area contributed by atoms with E-state index >= 15 is 4.39 Å². The monoisotopic (exact) mass is 393 g/mol. The van der Waals surface area contributed by atoms with Gasteiger partial charge in [0.2, 0.25) is 0 Å². The van der Waals surface area contributed by atoms with Gasteiger partial charge in [-0.25, -0.2) is 8.78 Å². The van der Waals surface area contributed by atoms with Crippen LogP contribution in [0.1, 0.15) is 22.0 Å². The summed E-state index contributed by atoms with van der Waals surface area (Å²) in [5.41, 5.74) is 1.51. The Kier molecular flexibility index (Phi) is 5.05. The van der Waals surface area contributed by atoms with Crippen molar-refractivity contribution in [2.75, 3.05) is 6.61 Å². The summed E-state index contributed by atoms with van der Waals surface area (Å²) >= 11 is 0. The molecule has 1 atom stereocenters. The Morgan fingerprint density at radius 2 is 1.86 bits per heavy atom. The number of nitrogens with zero attached hydrogens (tertiary/aromatic N) is 1. The molecule has 0 fully saturated rings. The first kappa shape index (κ1) is 18.8. The van der Waals surface area contributed by atoms with Gasteiger partial charge in [0.1, 0.15) is 17.3 Å². The molecular weight excluding hydrogens is 376 g/mol. The van der Waals surface area contributed by atoms with Crippen molar-refractivity contribution in [2.24, 2.45) is 0 Å². The first-order valence-electron chi connectivity index (χ1n) is 8.97. The fraction of sp³-hybridized carbons (Fsp3) is 0.0909. The van der Waals surface area contributed by atoms with Crippen LogP contribution in [0, 0.1) is 11.6 Å². The van der Waals surface area contributed by atoms with Crippen LogP contribution < -0.4 is 5.32 Å². The zero-order valence-electron chi connectivity index (χ0n) is 15.2. The van der Waals surface area contributed by atoms with Gasteiger partial charge in [0.15, 0.2) is 0 Å². The third kappa shape index (κ3) is 3.60. The molecule has 3 aromatic carbocycles. The summed E-state index contributed by atoms with van der Waals surface area (Å²) in [5.74, 6) is -1.90. The molecule has 0 spiro atoms. The number of rotatable bonds is 5. The number of aliphatic hydroxyl groups is 1. The molecule has 0 saturated carbocycles. The van der Waals surface area contributed by atoms with Crippen molar-refractivity contribution >= 4 is 16.8 Å². The van der Waals surface area contributed by atoms with E-state index in [1.807, 2.05) is 6.07 Å². The maximum atomic E-state index is 15.3. The molecule has 0 unspecified atom stereocenters. The molecule has 0 aliphatic carbocycles. The van der Waals surface area contributed by atoms with E-state index in [9.17, 15) is 14.3 Å². The second kappa shape index (κ2) is 7.81. The Hall–Kier alpha value is -3.58. The standard InChI is InChI=1S/C22H17F2N3O2/c23-15-8-4-7-14(11-15)21-19-17(26-27-21)10-9-16(20(19)24)22(29)25-18(12-28)13-5-2-1-3-6-13/h1-11,18,28H,12H2,(H,25,29)(H,26,27)/t18-/m1/s1. The number of aliphatic hydroxyl groups excluding tert-OH is 1. The number of amides is 1. The molecule has 0 bridgehead atoms. The summed E-state index contributed by atoms with van der Waals surface area (Å²) in [6.07, 6.45) is 0. The molecule has 0 aliphatic rings. The van der Waals surface area contributed by atoms with Gasteiger partial charge in [0.05, 0.1) is 29.1 Å². The predicted molar refractivity (Wildman–Crippen MR) is 105 cm³/mol. The lowest BCUT2D eigenvalue weighted by Gasteiger charge is -2.17. The molecule has 4 rings (SSSR count). The number of benzene rings is 3. The number of hydrogen-bond donors (Lipinski definition) is 3. The Balaban J connectivity index is 1.72. The quantitative estimate of drug-likeness (QED) is 0.480. The molecule has 1 heterocycles. The number of fused-ring (bicyclic) bond motifs is 1. The summed E-state index contributed by atoms with van der Waals surface area (Å²) in [5, 5.41) is 19.2. The van der Waals surface area contributed by atoms with Crippen LogP contribution >= 0.6 is 0 Å². The van der Waals surface area contributed by atoms with E-state index in [4.69, 9.17) is 0 Å². The second-order valence-electron chi connectivity index (χ2n) is 6.55. The van der Waals surface area contributed by atoms with E-state index in [-0.39, 0.29) is 23.3 Å². The van der Waals surface area contributed by atoms with E-state index < -0.39 is 23.6 Å². The van der Waals surface area contributed by atoms with Crippen molar-refractivity contribution in [3.05, 3.63) is 89.5 Å². The fourth-order valence-electron chi connectivity index (χ4n) is 3.25. The minimum atomic E-state index is -0.766. The van der Waals surface area contributed by atoms with Crippen LogP contribution in [0.2, 0.25) is 0 Å². The van der Waals surface area contributed by atoms with Gasteiger partial charge in [-0.3, -0.25) is 9.89 Å². The topological polar surface area (TPSA) is 78.0 Å². The molecule has 4 aromatic rings. The van der Waals surface area contributed by atoms with Gasteiger partial charge in [-0.2, -0.15) is 5.10 Å².